The molecule has 1 unspecified atom stereocenters. The molecule has 0 aliphatic carbocycles. The van der Waals surface area contributed by atoms with Crippen LogP contribution in [0.4, 0.5) is 5.13 Å². The van der Waals surface area contributed by atoms with Gasteiger partial charge in [-0.2, -0.15) is 0 Å². The fourth-order valence-corrected chi connectivity index (χ4v) is 3.09. The third kappa shape index (κ3) is 5.62. The maximum atomic E-state index is 4.49. The van der Waals surface area contributed by atoms with Crippen molar-refractivity contribution in [2.24, 2.45) is 0 Å². The Morgan fingerprint density at radius 1 is 1.13 bits per heavy atom. The van der Waals surface area contributed by atoms with Gasteiger partial charge in [0.2, 0.25) is 0 Å². The summed E-state index contributed by atoms with van der Waals surface area (Å²) in [5.74, 6) is 0. The summed E-state index contributed by atoms with van der Waals surface area (Å²) >= 11 is 1.69. The molecular formula is C18H24N4S. The first-order chi connectivity index (χ1) is 11.4. The van der Waals surface area contributed by atoms with E-state index in [4.69, 9.17) is 0 Å². The van der Waals surface area contributed by atoms with Crippen molar-refractivity contribution in [3.63, 3.8) is 0 Å². The summed E-state index contributed by atoms with van der Waals surface area (Å²) in [5.41, 5.74) is 0.982. The Labute approximate surface area is 142 Å². The number of hydrogen-bond acceptors (Lipinski definition) is 5. The number of nitrogens with one attached hydrogen (secondary N) is 2. The number of fused-ring (bicyclic) bond motifs is 1. The van der Waals surface area contributed by atoms with Crippen molar-refractivity contribution < 1.29 is 0 Å². The molecule has 4 rings (SSSR count). The van der Waals surface area contributed by atoms with Gasteiger partial charge in [0.05, 0.1) is 10.9 Å². The summed E-state index contributed by atoms with van der Waals surface area (Å²) < 4.78 is 1.19. The maximum absolute atomic E-state index is 4.49. The van der Waals surface area contributed by atoms with Crippen LogP contribution in [0.1, 0.15) is 20.3 Å². The number of thiazole rings is 1. The Kier molecular flexibility index (Phi) is 7.49. The van der Waals surface area contributed by atoms with Gasteiger partial charge in [-0.3, -0.25) is 4.98 Å². The molecule has 122 valence electrons. The fourth-order valence-electron chi connectivity index (χ4n) is 2.18. The molecule has 23 heavy (non-hydrogen) atoms. The van der Waals surface area contributed by atoms with Gasteiger partial charge in [-0.15, -0.1) is 0 Å². The number of nitrogens with zero attached hydrogens (tertiary/aromatic N) is 2. The molecule has 0 amide bonds. The minimum atomic E-state index is 0.526. The molecule has 2 aromatic heterocycles. The van der Waals surface area contributed by atoms with Crippen LogP contribution in [-0.2, 0) is 0 Å². The van der Waals surface area contributed by atoms with Crippen molar-refractivity contribution in [2.75, 3.05) is 18.4 Å². The van der Waals surface area contributed by atoms with E-state index in [1.165, 1.54) is 11.1 Å². The zero-order valence-electron chi connectivity index (χ0n) is 13.7. The average Bonchev–Trinajstić information content (AvgIpc) is 3.28. The predicted octanol–water partition coefficient (Wildman–Crippen LogP) is 4.18. The van der Waals surface area contributed by atoms with Crippen LogP contribution < -0.4 is 10.6 Å². The Bertz CT molecular complexity index is 603. The predicted molar refractivity (Wildman–Crippen MR) is 100 cm³/mol. The van der Waals surface area contributed by atoms with Crippen LogP contribution in [0.2, 0.25) is 0 Å². The van der Waals surface area contributed by atoms with Crippen LogP contribution in [0.15, 0.2) is 54.9 Å². The quantitative estimate of drug-likeness (QED) is 0.741. The molecule has 0 spiro atoms. The van der Waals surface area contributed by atoms with Gasteiger partial charge in [-0.25, -0.2) is 4.98 Å². The Morgan fingerprint density at radius 3 is 2.39 bits per heavy atom. The Morgan fingerprint density at radius 2 is 1.83 bits per heavy atom. The topological polar surface area (TPSA) is 49.8 Å². The van der Waals surface area contributed by atoms with Gasteiger partial charge in [-0.1, -0.05) is 61.6 Å². The first-order valence-corrected chi connectivity index (χ1v) is 8.91. The molecule has 2 N–H and O–H groups in total. The number of hydrogen-bond donors (Lipinski definition) is 2. The summed E-state index contributed by atoms with van der Waals surface area (Å²) in [5, 5.41) is 7.78. The van der Waals surface area contributed by atoms with Crippen LogP contribution in [0, 0.1) is 0 Å². The second kappa shape index (κ2) is 9.92. The van der Waals surface area contributed by atoms with Crippen molar-refractivity contribution in [1.82, 2.24) is 15.3 Å². The number of anilines is 1. The SMILES string of the molecule is CC.c1cc2sc(NC3CCNC3)nc2cn1.c1ccccc1. The van der Waals surface area contributed by atoms with Gasteiger partial charge in [0.1, 0.15) is 5.52 Å². The molecule has 3 heterocycles. The molecule has 1 aliphatic heterocycles. The number of pyridine rings is 1. The summed E-state index contributed by atoms with van der Waals surface area (Å²) in [6.07, 6.45) is 4.79. The number of benzene rings is 1. The third-order valence-electron chi connectivity index (χ3n) is 3.24. The standard InChI is InChI=1S/C10H12N4S.C6H6.C2H6/c1-3-11-5-7(1)13-10-14-8-6-12-4-2-9(8)15-10;1-2-4-6-5-3-1;1-2/h2,4,6-7,11H,1,3,5H2,(H,13,14);1-6H;1-2H3. The summed E-state index contributed by atoms with van der Waals surface area (Å²) in [6, 6.07) is 14.5. The summed E-state index contributed by atoms with van der Waals surface area (Å²) in [4.78, 5) is 8.56. The van der Waals surface area contributed by atoms with Crippen LogP contribution in [0.25, 0.3) is 10.2 Å². The highest BCUT2D eigenvalue weighted by Gasteiger charge is 2.15. The fraction of sp³-hybridized carbons (Fsp3) is 0.333. The van der Waals surface area contributed by atoms with Crippen molar-refractivity contribution in [1.29, 1.82) is 0 Å². The van der Waals surface area contributed by atoms with Crippen LogP contribution >= 0.6 is 11.3 Å². The molecule has 0 radical (unpaired) electrons. The van der Waals surface area contributed by atoms with Crippen molar-refractivity contribution in [2.45, 2.75) is 26.3 Å². The second-order valence-corrected chi connectivity index (χ2v) is 5.88. The Balaban J connectivity index is 0.000000202. The molecule has 1 aromatic carbocycles. The monoisotopic (exact) mass is 328 g/mol. The average molecular weight is 328 g/mol. The highest BCUT2D eigenvalue weighted by Crippen LogP contribution is 2.25. The number of rotatable bonds is 2. The van der Waals surface area contributed by atoms with Crippen molar-refractivity contribution in [3.05, 3.63) is 54.9 Å². The van der Waals surface area contributed by atoms with Crippen LogP contribution in [-0.4, -0.2) is 29.1 Å². The zero-order chi connectivity index (χ0) is 16.3. The lowest BCUT2D eigenvalue weighted by atomic mass is 10.3. The van der Waals surface area contributed by atoms with Gasteiger partial charge < -0.3 is 10.6 Å². The molecular weight excluding hydrogens is 304 g/mol. The highest BCUT2D eigenvalue weighted by atomic mass is 32.1. The van der Waals surface area contributed by atoms with E-state index in [1.807, 2.05) is 62.5 Å². The number of aromatic nitrogens is 2. The van der Waals surface area contributed by atoms with Crippen molar-refractivity contribution in [3.8, 4) is 0 Å². The molecule has 0 saturated carbocycles. The van der Waals surface area contributed by atoms with Gasteiger partial charge in [0, 0.05) is 18.8 Å². The van der Waals surface area contributed by atoms with E-state index in [9.17, 15) is 0 Å². The zero-order valence-corrected chi connectivity index (χ0v) is 14.5. The van der Waals surface area contributed by atoms with E-state index in [0.717, 1.165) is 23.7 Å². The first kappa shape index (κ1) is 17.4. The highest BCUT2D eigenvalue weighted by molar-refractivity contribution is 7.22. The lowest BCUT2D eigenvalue weighted by Gasteiger charge is -2.08. The van der Waals surface area contributed by atoms with Gasteiger partial charge >= 0.3 is 0 Å². The molecule has 3 aromatic rings. The molecule has 1 fully saturated rings. The summed E-state index contributed by atoms with van der Waals surface area (Å²) in [7, 11) is 0. The third-order valence-corrected chi connectivity index (χ3v) is 4.21. The van der Waals surface area contributed by atoms with E-state index in [0.29, 0.717) is 6.04 Å². The molecule has 1 atom stereocenters. The largest absolute Gasteiger partial charge is 0.357 e. The maximum Gasteiger partial charge on any atom is 0.184 e. The van der Waals surface area contributed by atoms with E-state index < -0.39 is 0 Å². The van der Waals surface area contributed by atoms with Gasteiger partial charge in [0.15, 0.2) is 5.13 Å². The van der Waals surface area contributed by atoms with Crippen LogP contribution in [0.3, 0.4) is 0 Å². The smallest absolute Gasteiger partial charge is 0.184 e. The molecule has 1 aliphatic rings. The molecule has 5 heteroatoms. The minimum Gasteiger partial charge on any atom is -0.357 e. The van der Waals surface area contributed by atoms with Gasteiger partial charge in [-0.05, 0) is 19.0 Å². The second-order valence-electron chi connectivity index (χ2n) is 4.85. The summed E-state index contributed by atoms with van der Waals surface area (Å²) in [6.45, 7) is 6.14. The van der Waals surface area contributed by atoms with E-state index in [1.54, 1.807) is 17.5 Å². The van der Waals surface area contributed by atoms with Crippen LogP contribution in [0.5, 0.6) is 0 Å². The first-order valence-electron chi connectivity index (χ1n) is 8.09. The van der Waals surface area contributed by atoms with E-state index in [-0.39, 0.29) is 0 Å². The lowest BCUT2D eigenvalue weighted by Crippen LogP contribution is -2.21. The van der Waals surface area contributed by atoms with Gasteiger partial charge in [0.25, 0.3) is 0 Å². The van der Waals surface area contributed by atoms with Crippen molar-refractivity contribution >= 4 is 26.7 Å². The normalized spacial score (nSPS) is 16.0. The molecule has 4 nitrogen and oxygen atoms in total. The Hall–Kier alpha value is -1.98. The molecule has 0 bridgehead atoms. The minimum absolute atomic E-state index is 0.526. The molecule has 1 saturated heterocycles. The lowest BCUT2D eigenvalue weighted by molar-refractivity contribution is 0.792. The van der Waals surface area contributed by atoms with E-state index in [2.05, 4.69) is 20.6 Å². The van der Waals surface area contributed by atoms with E-state index >= 15 is 0 Å².